The first-order chi connectivity index (χ1) is 8.63. The Kier molecular flexibility index (Phi) is 6.99. The van der Waals surface area contributed by atoms with Crippen molar-refractivity contribution in [2.24, 2.45) is 0 Å². The molecule has 2 nitrogen and oxygen atoms in total. The van der Waals surface area contributed by atoms with E-state index < -0.39 is 0 Å². The summed E-state index contributed by atoms with van der Waals surface area (Å²) in [5.74, 6) is 0. The van der Waals surface area contributed by atoms with Gasteiger partial charge in [0.05, 0.1) is 0 Å². The quantitative estimate of drug-likeness (QED) is 0.691. The van der Waals surface area contributed by atoms with Crippen molar-refractivity contribution in [2.75, 3.05) is 19.6 Å². The van der Waals surface area contributed by atoms with E-state index in [9.17, 15) is 0 Å². The molecule has 0 aromatic heterocycles. The van der Waals surface area contributed by atoms with Crippen molar-refractivity contribution in [1.82, 2.24) is 10.6 Å². The van der Waals surface area contributed by atoms with Crippen LogP contribution in [0.3, 0.4) is 0 Å². The van der Waals surface area contributed by atoms with Crippen LogP contribution in [0, 0.1) is 13.8 Å². The predicted molar refractivity (Wildman–Crippen MR) is 80.2 cm³/mol. The highest BCUT2D eigenvalue weighted by Gasteiger charge is 2.01. The summed E-state index contributed by atoms with van der Waals surface area (Å²) in [6, 6.07) is 7.31. The molecule has 18 heavy (non-hydrogen) atoms. The number of aryl methyl sites for hydroxylation is 2. The van der Waals surface area contributed by atoms with Gasteiger partial charge in [0.2, 0.25) is 0 Å². The van der Waals surface area contributed by atoms with Gasteiger partial charge in [0.25, 0.3) is 0 Å². The first kappa shape index (κ1) is 15.2. The molecule has 0 bridgehead atoms. The monoisotopic (exact) mass is 248 g/mol. The van der Waals surface area contributed by atoms with Gasteiger partial charge in [0.15, 0.2) is 0 Å². The third kappa shape index (κ3) is 5.65. The van der Waals surface area contributed by atoms with E-state index in [0.717, 1.165) is 26.1 Å². The van der Waals surface area contributed by atoms with Crippen molar-refractivity contribution in [3.8, 4) is 0 Å². The van der Waals surface area contributed by atoms with Gasteiger partial charge in [-0.25, -0.2) is 0 Å². The second kappa shape index (κ2) is 8.28. The molecular weight excluding hydrogens is 220 g/mol. The number of hydrogen-bond acceptors (Lipinski definition) is 2. The van der Waals surface area contributed by atoms with Crippen molar-refractivity contribution in [1.29, 1.82) is 0 Å². The van der Waals surface area contributed by atoms with Crippen molar-refractivity contribution in [3.05, 3.63) is 34.9 Å². The fourth-order valence-electron chi connectivity index (χ4n) is 1.99. The summed E-state index contributed by atoms with van der Waals surface area (Å²) >= 11 is 0. The van der Waals surface area contributed by atoms with Crippen LogP contribution in [0.2, 0.25) is 0 Å². The summed E-state index contributed by atoms with van der Waals surface area (Å²) in [4.78, 5) is 0. The molecule has 1 atom stereocenters. The molecule has 0 spiro atoms. The van der Waals surface area contributed by atoms with Crippen LogP contribution in [0.25, 0.3) is 0 Å². The third-order valence-electron chi connectivity index (χ3n) is 3.36. The van der Waals surface area contributed by atoms with E-state index in [4.69, 9.17) is 0 Å². The van der Waals surface area contributed by atoms with Crippen LogP contribution in [-0.2, 0) is 6.42 Å². The minimum absolute atomic E-state index is 0.545. The predicted octanol–water partition coefficient (Wildman–Crippen LogP) is 2.82. The smallest absolute Gasteiger partial charge is 0.0164 e. The van der Waals surface area contributed by atoms with E-state index >= 15 is 0 Å². The fraction of sp³-hybridized carbons (Fsp3) is 0.625. The molecule has 1 unspecified atom stereocenters. The number of hydrogen-bond donors (Lipinski definition) is 2. The second-order valence-corrected chi connectivity index (χ2v) is 5.23. The van der Waals surface area contributed by atoms with Crippen molar-refractivity contribution >= 4 is 0 Å². The summed E-state index contributed by atoms with van der Waals surface area (Å²) in [5.41, 5.74) is 4.20. The van der Waals surface area contributed by atoms with E-state index in [-0.39, 0.29) is 0 Å². The van der Waals surface area contributed by atoms with Crippen molar-refractivity contribution in [2.45, 2.75) is 46.6 Å². The Bertz CT molecular complexity index is 347. The van der Waals surface area contributed by atoms with E-state index in [1.165, 1.54) is 23.1 Å². The Balaban J connectivity index is 2.22. The molecule has 0 heterocycles. The van der Waals surface area contributed by atoms with E-state index in [0.29, 0.717) is 6.04 Å². The van der Waals surface area contributed by atoms with Gasteiger partial charge in [0.1, 0.15) is 0 Å². The van der Waals surface area contributed by atoms with Crippen molar-refractivity contribution in [3.63, 3.8) is 0 Å². The molecule has 0 saturated heterocycles. The maximum absolute atomic E-state index is 3.56. The average Bonchev–Trinajstić information content (AvgIpc) is 2.34. The molecule has 2 heteroatoms. The lowest BCUT2D eigenvalue weighted by atomic mass is 10.0. The largest absolute Gasteiger partial charge is 0.315 e. The minimum atomic E-state index is 0.545. The molecule has 0 aliphatic carbocycles. The van der Waals surface area contributed by atoms with Gasteiger partial charge in [-0.15, -0.1) is 0 Å². The summed E-state index contributed by atoms with van der Waals surface area (Å²) in [5, 5.41) is 7.00. The van der Waals surface area contributed by atoms with Gasteiger partial charge < -0.3 is 10.6 Å². The molecule has 1 aromatic rings. The van der Waals surface area contributed by atoms with Crippen LogP contribution < -0.4 is 10.6 Å². The standard InChI is InChI=1S/C16H28N2/c1-5-9-17-12-15(4)18-10-8-16-7-6-13(2)14(3)11-16/h6-7,11,15,17-18H,5,8-10,12H2,1-4H3. The normalized spacial score (nSPS) is 12.7. The molecule has 2 N–H and O–H groups in total. The highest BCUT2D eigenvalue weighted by Crippen LogP contribution is 2.09. The zero-order valence-electron chi connectivity index (χ0n) is 12.3. The van der Waals surface area contributed by atoms with Crippen LogP contribution in [-0.4, -0.2) is 25.7 Å². The van der Waals surface area contributed by atoms with Gasteiger partial charge in [-0.3, -0.25) is 0 Å². The van der Waals surface area contributed by atoms with Crippen LogP contribution >= 0.6 is 0 Å². The summed E-state index contributed by atoms with van der Waals surface area (Å²) in [6.07, 6.45) is 2.31. The number of benzene rings is 1. The van der Waals surface area contributed by atoms with Gasteiger partial charge in [0, 0.05) is 12.6 Å². The molecule has 102 valence electrons. The summed E-state index contributed by atoms with van der Waals surface area (Å²) in [7, 11) is 0. The first-order valence-corrected chi connectivity index (χ1v) is 7.13. The fourth-order valence-corrected chi connectivity index (χ4v) is 1.99. The van der Waals surface area contributed by atoms with Crippen molar-refractivity contribution < 1.29 is 0 Å². The topological polar surface area (TPSA) is 24.1 Å². The molecule has 0 radical (unpaired) electrons. The summed E-state index contributed by atoms with van der Waals surface area (Å²) in [6.45, 7) is 12.0. The van der Waals surface area contributed by atoms with Crippen LogP contribution in [0.5, 0.6) is 0 Å². The number of nitrogens with one attached hydrogen (secondary N) is 2. The zero-order valence-corrected chi connectivity index (χ0v) is 12.3. The molecule has 1 aromatic carbocycles. The molecule has 0 aliphatic heterocycles. The lowest BCUT2D eigenvalue weighted by molar-refractivity contribution is 0.504. The Morgan fingerprint density at radius 2 is 1.89 bits per heavy atom. The minimum Gasteiger partial charge on any atom is -0.315 e. The maximum atomic E-state index is 3.56. The maximum Gasteiger partial charge on any atom is 0.0164 e. The summed E-state index contributed by atoms with van der Waals surface area (Å²) < 4.78 is 0. The average molecular weight is 248 g/mol. The van der Waals surface area contributed by atoms with Crippen LogP contribution in [0.1, 0.15) is 37.0 Å². The Labute approximate surface area is 112 Å². The van der Waals surface area contributed by atoms with Gasteiger partial charge in [-0.1, -0.05) is 25.1 Å². The van der Waals surface area contributed by atoms with Gasteiger partial charge >= 0.3 is 0 Å². The molecule has 1 rings (SSSR count). The SMILES string of the molecule is CCCNCC(C)NCCc1ccc(C)c(C)c1. The van der Waals surface area contributed by atoms with Crippen LogP contribution in [0.4, 0.5) is 0 Å². The van der Waals surface area contributed by atoms with Gasteiger partial charge in [-0.05, 0) is 63.4 Å². The zero-order chi connectivity index (χ0) is 13.4. The first-order valence-electron chi connectivity index (χ1n) is 7.13. The molecule has 0 saturated carbocycles. The Morgan fingerprint density at radius 1 is 1.11 bits per heavy atom. The molecule has 0 fully saturated rings. The lowest BCUT2D eigenvalue weighted by Gasteiger charge is -2.14. The molecule has 0 amide bonds. The third-order valence-corrected chi connectivity index (χ3v) is 3.36. The highest BCUT2D eigenvalue weighted by molar-refractivity contribution is 5.30. The lowest BCUT2D eigenvalue weighted by Crippen LogP contribution is -2.37. The van der Waals surface area contributed by atoms with E-state index in [1.54, 1.807) is 0 Å². The van der Waals surface area contributed by atoms with E-state index in [2.05, 4.69) is 56.5 Å². The molecule has 0 aliphatic rings. The van der Waals surface area contributed by atoms with E-state index in [1.807, 2.05) is 0 Å². The molecular formula is C16H28N2. The second-order valence-electron chi connectivity index (χ2n) is 5.23. The number of rotatable bonds is 8. The highest BCUT2D eigenvalue weighted by atomic mass is 15.0. The van der Waals surface area contributed by atoms with Crippen LogP contribution in [0.15, 0.2) is 18.2 Å². The Hall–Kier alpha value is -0.860. The Morgan fingerprint density at radius 3 is 2.56 bits per heavy atom. The van der Waals surface area contributed by atoms with Gasteiger partial charge in [-0.2, -0.15) is 0 Å².